The number of amides is 1. The van der Waals surface area contributed by atoms with E-state index >= 15 is 0 Å². The van der Waals surface area contributed by atoms with Gasteiger partial charge in [-0.15, -0.1) is 0 Å². The van der Waals surface area contributed by atoms with Crippen molar-refractivity contribution < 1.29 is 14.3 Å². The zero-order chi connectivity index (χ0) is 23.5. The molecule has 0 spiro atoms. The van der Waals surface area contributed by atoms with Crippen LogP contribution in [0.25, 0.3) is 11.1 Å². The lowest BCUT2D eigenvalue weighted by Crippen LogP contribution is -2.33. The van der Waals surface area contributed by atoms with Gasteiger partial charge in [-0.05, 0) is 69.4 Å². The third-order valence-corrected chi connectivity index (χ3v) is 6.80. The van der Waals surface area contributed by atoms with Gasteiger partial charge in [-0.25, -0.2) is 0 Å². The summed E-state index contributed by atoms with van der Waals surface area (Å²) in [5.74, 6) is 1.46. The number of aromatic nitrogens is 1. The molecular weight excluding hydrogens is 468 g/mol. The number of halogens is 1. The third-order valence-electron chi connectivity index (χ3n) is 5.83. The average Bonchev–Trinajstić information content (AvgIpc) is 3.43. The van der Waals surface area contributed by atoms with E-state index in [0.29, 0.717) is 49.2 Å². The highest BCUT2D eigenvalue weighted by molar-refractivity contribution is 7.07. The molecule has 5 rings (SSSR count). The van der Waals surface area contributed by atoms with Gasteiger partial charge in [-0.1, -0.05) is 23.7 Å². The maximum absolute atomic E-state index is 13.1. The maximum Gasteiger partial charge on any atom is 0.227 e. The lowest BCUT2D eigenvalue weighted by Gasteiger charge is -2.20. The molecule has 34 heavy (non-hydrogen) atoms. The Balaban J connectivity index is 1.47. The van der Waals surface area contributed by atoms with Crippen LogP contribution in [0.1, 0.15) is 16.7 Å². The molecule has 7 heteroatoms. The van der Waals surface area contributed by atoms with E-state index in [1.165, 1.54) is 0 Å². The molecule has 1 amide bonds. The number of hydrogen-bond donors (Lipinski definition) is 0. The lowest BCUT2D eigenvalue weighted by molar-refractivity contribution is -0.131. The Hall–Kier alpha value is -3.22. The standard InChI is InChI=1S/C27H25ClN2O3S/c1-29-7-5-19(15-29)11-26(31)30-8-9-32-27-23(16-30)12-22(21-3-2-4-24(28)13-21)14-25(27)33-17-20-6-10-34-18-20/h2-7,10,12-15,18H,8-9,11,16-17H2,1H3. The highest BCUT2D eigenvalue weighted by Gasteiger charge is 2.24. The van der Waals surface area contributed by atoms with Crippen LogP contribution in [-0.4, -0.2) is 28.5 Å². The molecule has 0 saturated carbocycles. The van der Waals surface area contributed by atoms with Gasteiger partial charge in [0.15, 0.2) is 11.5 Å². The Morgan fingerprint density at radius 3 is 2.82 bits per heavy atom. The highest BCUT2D eigenvalue weighted by Crippen LogP contribution is 2.39. The van der Waals surface area contributed by atoms with Gasteiger partial charge in [0, 0.05) is 36.6 Å². The van der Waals surface area contributed by atoms with Gasteiger partial charge in [-0.3, -0.25) is 4.79 Å². The van der Waals surface area contributed by atoms with E-state index in [9.17, 15) is 4.79 Å². The summed E-state index contributed by atoms with van der Waals surface area (Å²) >= 11 is 7.91. The summed E-state index contributed by atoms with van der Waals surface area (Å²) in [7, 11) is 1.96. The Morgan fingerprint density at radius 1 is 1.15 bits per heavy atom. The van der Waals surface area contributed by atoms with E-state index in [-0.39, 0.29) is 5.91 Å². The molecule has 0 aliphatic carbocycles. The SMILES string of the molecule is Cn1ccc(CC(=O)N2CCOc3c(cc(-c4cccc(Cl)c4)cc3OCc3ccsc3)C2)c1. The number of carbonyl (C=O) groups excluding carboxylic acids is 1. The van der Waals surface area contributed by atoms with Crippen LogP contribution in [0, 0.1) is 0 Å². The lowest BCUT2D eigenvalue weighted by atomic mass is 10.0. The monoisotopic (exact) mass is 492 g/mol. The Morgan fingerprint density at radius 2 is 2.06 bits per heavy atom. The minimum atomic E-state index is 0.0801. The summed E-state index contributed by atoms with van der Waals surface area (Å²) in [4.78, 5) is 15.0. The number of aryl methyl sites for hydroxylation is 1. The molecule has 1 aliphatic rings. The average molecular weight is 493 g/mol. The molecule has 0 bridgehead atoms. The summed E-state index contributed by atoms with van der Waals surface area (Å²) in [6.45, 7) is 1.86. The minimum absolute atomic E-state index is 0.0801. The van der Waals surface area contributed by atoms with Crippen molar-refractivity contribution in [2.75, 3.05) is 13.2 Å². The van der Waals surface area contributed by atoms with Gasteiger partial charge in [0.2, 0.25) is 5.91 Å². The topological polar surface area (TPSA) is 43.7 Å². The van der Waals surface area contributed by atoms with Crippen LogP contribution in [0.15, 0.2) is 71.7 Å². The van der Waals surface area contributed by atoms with Crippen molar-refractivity contribution in [3.05, 3.63) is 93.4 Å². The van der Waals surface area contributed by atoms with Crippen LogP contribution in [0.2, 0.25) is 5.02 Å². The number of hydrogen-bond acceptors (Lipinski definition) is 4. The molecule has 3 heterocycles. The van der Waals surface area contributed by atoms with Crippen LogP contribution in [0.3, 0.4) is 0 Å². The molecule has 0 N–H and O–H groups in total. The van der Waals surface area contributed by atoms with E-state index in [0.717, 1.165) is 27.8 Å². The third kappa shape index (κ3) is 5.13. The van der Waals surface area contributed by atoms with E-state index in [2.05, 4.69) is 17.5 Å². The highest BCUT2D eigenvalue weighted by atomic mass is 35.5. The predicted molar refractivity (Wildman–Crippen MR) is 136 cm³/mol. The van der Waals surface area contributed by atoms with E-state index in [4.69, 9.17) is 21.1 Å². The molecule has 0 unspecified atom stereocenters. The summed E-state index contributed by atoms with van der Waals surface area (Å²) in [6, 6.07) is 15.8. The molecule has 174 valence electrons. The van der Waals surface area contributed by atoms with Crippen molar-refractivity contribution in [1.29, 1.82) is 0 Å². The van der Waals surface area contributed by atoms with E-state index < -0.39 is 0 Å². The van der Waals surface area contributed by atoms with Gasteiger partial charge in [-0.2, -0.15) is 11.3 Å². The fraction of sp³-hybridized carbons (Fsp3) is 0.222. The molecule has 2 aromatic heterocycles. The van der Waals surface area contributed by atoms with Gasteiger partial charge in [0.25, 0.3) is 0 Å². The first-order valence-electron chi connectivity index (χ1n) is 11.1. The van der Waals surface area contributed by atoms with Crippen LogP contribution >= 0.6 is 22.9 Å². The molecule has 4 aromatic rings. The minimum Gasteiger partial charge on any atom is -0.487 e. The second-order valence-electron chi connectivity index (χ2n) is 8.42. The van der Waals surface area contributed by atoms with E-state index in [1.807, 2.05) is 70.7 Å². The Bertz CT molecular complexity index is 1300. The molecule has 0 saturated heterocycles. The summed E-state index contributed by atoms with van der Waals surface area (Å²) in [5, 5.41) is 4.78. The predicted octanol–water partition coefficient (Wildman–Crippen LogP) is 5.95. The fourth-order valence-corrected chi connectivity index (χ4v) is 4.97. The van der Waals surface area contributed by atoms with E-state index in [1.54, 1.807) is 11.3 Å². The summed E-state index contributed by atoms with van der Waals surface area (Å²) in [6.07, 6.45) is 4.30. The van der Waals surface area contributed by atoms with Crippen LogP contribution in [0.5, 0.6) is 11.5 Å². The molecule has 0 atom stereocenters. The summed E-state index contributed by atoms with van der Waals surface area (Å²) in [5.41, 5.74) is 5.01. The number of ether oxygens (including phenoxy) is 2. The molecule has 0 radical (unpaired) electrons. The van der Waals surface area contributed by atoms with Gasteiger partial charge in [0.05, 0.1) is 13.0 Å². The van der Waals surface area contributed by atoms with Crippen LogP contribution < -0.4 is 9.47 Å². The van der Waals surface area contributed by atoms with Gasteiger partial charge in [0.1, 0.15) is 13.2 Å². The Labute approximate surface area is 208 Å². The zero-order valence-electron chi connectivity index (χ0n) is 18.9. The van der Waals surface area contributed by atoms with Crippen molar-refractivity contribution >= 4 is 28.8 Å². The summed E-state index contributed by atoms with van der Waals surface area (Å²) < 4.78 is 14.3. The smallest absolute Gasteiger partial charge is 0.227 e. The number of rotatable bonds is 6. The number of thiophene rings is 1. The van der Waals surface area contributed by atoms with Gasteiger partial charge >= 0.3 is 0 Å². The van der Waals surface area contributed by atoms with Gasteiger partial charge < -0.3 is 18.9 Å². The molecule has 1 aliphatic heterocycles. The fourth-order valence-electron chi connectivity index (χ4n) is 4.13. The quantitative estimate of drug-likeness (QED) is 0.334. The first-order chi connectivity index (χ1) is 16.5. The van der Waals surface area contributed by atoms with Crippen LogP contribution in [-0.2, 0) is 31.4 Å². The van der Waals surface area contributed by atoms with Crippen molar-refractivity contribution in [3.8, 4) is 22.6 Å². The Kier molecular flexibility index (Phi) is 6.61. The maximum atomic E-state index is 13.1. The first kappa shape index (κ1) is 22.6. The second-order valence-corrected chi connectivity index (χ2v) is 9.64. The van der Waals surface area contributed by atoms with Crippen molar-refractivity contribution in [2.45, 2.75) is 19.6 Å². The number of fused-ring (bicyclic) bond motifs is 1. The molecule has 2 aromatic carbocycles. The number of benzene rings is 2. The second kappa shape index (κ2) is 9.95. The number of nitrogens with zero attached hydrogens (tertiary/aromatic N) is 2. The number of carbonyl (C=O) groups is 1. The molecular formula is C27H25ClN2O3S. The first-order valence-corrected chi connectivity index (χ1v) is 12.5. The zero-order valence-corrected chi connectivity index (χ0v) is 20.4. The molecule has 0 fully saturated rings. The largest absolute Gasteiger partial charge is 0.487 e. The van der Waals surface area contributed by atoms with Crippen molar-refractivity contribution in [1.82, 2.24) is 9.47 Å². The van der Waals surface area contributed by atoms with Crippen LogP contribution in [0.4, 0.5) is 0 Å². The molecule has 5 nitrogen and oxygen atoms in total. The van der Waals surface area contributed by atoms with Crippen molar-refractivity contribution in [2.24, 2.45) is 7.05 Å². The van der Waals surface area contributed by atoms with Crippen molar-refractivity contribution in [3.63, 3.8) is 0 Å². The normalized spacial score (nSPS) is 13.2.